The van der Waals surface area contributed by atoms with Crippen LogP contribution in [0.1, 0.15) is 32.6 Å². The van der Waals surface area contributed by atoms with Gasteiger partial charge in [0.25, 0.3) is 0 Å². The first kappa shape index (κ1) is 15.5. The van der Waals surface area contributed by atoms with E-state index in [0.717, 1.165) is 25.7 Å². The molecule has 2 aliphatic heterocycles. The Bertz CT molecular complexity index is 374. The Balaban J connectivity index is 2.08. The van der Waals surface area contributed by atoms with Gasteiger partial charge in [-0.2, -0.15) is 0 Å². The average Bonchev–Trinajstić information content (AvgIpc) is 2.81. The normalized spacial score (nSPS) is 40.3. The van der Waals surface area contributed by atoms with Gasteiger partial charge in [-0.15, -0.1) is 5.73 Å². The molecular weight excluding hydrogens is 372 g/mol. The zero-order valence-corrected chi connectivity index (χ0v) is 14.3. The van der Waals surface area contributed by atoms with Crippen molar-refractivity contribution in [3.63, 3.8) is 0 Å². The second-order valence-electron chi connectivity index (χ2n) is 4.97. The van der Waals surface area contributed by atoms with Crippen molar-refractivity contribution in [2.75, 3.05) is 0 Å². The molecule has 2 heterocycles. The van der Waals surface area contributed by atoms with Gasteiger partial charge < -0.3 is 9.47 Å². The van der Waals surface area contributed by atoms with E-state index >= 15 is 0 Å². The minimum Gasteiger partial charge on any atom is -0.371 e. The summed E-state index contributed by atoms with van der Waals surface area (Å²) in [6.07, 6.45) is 11.0. The zero-order chi connectivity index (χ0) is 13.7. The van der Waals surface area contributed by atoms with E-state index in [1.807, 2.05) is 6.08 Å². The second-order valence-corrected chi connectivity index (χ2v) is 6.61. The van der Waals surface area contributed by atoms with E-state index in [9.17, 15) is 0 Å². The number of alkyl halides is 1. The lowest BCUT2D eigenvalue weighted by atomic mass is 10.1. The van der Waals surface area contributed by atoms with Gasteiger partial charge in [-0.3, -0.25) is 0 Å². The fraction of sp³-hybridized carbons (Fsp3) is 0.667. The summed E-state index contributed by atoms with van der Waals surface area (Å²) in [6.45, 7) is 2.18. The number of fused-ring (bicyclic) bond motifs is 1. The van der Waals surface area contributed by atoms with Crippen LogP contribution in [0, 0.1) is 0 Å². The predicted octanol–water partition coefficient (Wildman–Crippen LogP) is 4.48. The Labute approximate surface area is 132 Å². The van der Waals surface area contributed by atoms with Crippen molar-refractivity contribution in [3.05, 3.63) is 28.9 Å². The molecule has 0 N–H and O–H groups in total. The molecule has 0 bridgehead atoms. The van der Waals surface area contributed by atoms with E-state index in [0.29, 0.717) is 4.83 Å². The maximum absolute atomic E-state index is 6.29. The van der Waals surface area contributed by atoms with Crippen molar-refractivity contribution < 1.29 is 9.47 Å². The van der Waals surface area contributed by atoms with Crippen LogP contribution in [0.2, 0.25) is 0 Å². The van der Waals surface area contributed by atoms with E-state index in [4.69, 9.17) is 9.47 Å². The Morgan fingerprint density at radius 3 is 2.79 bits per heavy atom. The molecule has 0 unspecified atom stereocenters. The van der Waals surface area contributed by atoms with E-state index in [-0.39, 0.29) is 24.4 Å². The number of halogens is 2. The fourth-order valence-electron chi connectivity index (χ4n) is 2.62. The van der Waals surface area contributed by atoms with Crippen LogP contribution in [0.5, 0.6) is 0 Å². The minimum atomic E-state index is 0.114. The van der Waals surface area contributed by atoms with Gasteiger partial charge in [-0.1, -0.05) is 50.9 Å². The lowest BCUT2D eigenvalue weighted by molar-refractivity contribution is -0.0522. The van der Waals surface area contributed by atoms with Crippen LogP contribution >= 0.6 is 31.9 Å². The topological polar surface area (TPSA) is 18.5 Å². The summed E-state index contributed by atoms with van der Waals surface area (Å²) in [4.78, 5) is 2.12. The summed E-state index contributed by atoms with van der Waals surface area (Å²) in [5.74, 6) is 0. The SMILES string of the molecule is CC[C@H]1O[C@H]2C[C@H](C=C=CBr)O[C@H]2C/C=C\C[C@@H]1Br. The van der Waals surface area contributed by atoms with Crippen LogP contribution in [0.15, 0.2) is 28.9 Å². The highest BCUT2D eigenvalue weighted by Gasteiger charge is 2.37. The third-order valence-electron chi connectivity index (χ3n) is 3.63. The summed E-state index contributed by atoms with van der Waals surface area (Å²) < 4.78 is 12.3. The lowest BCUT2D eigenvalue weighted by Gasteiger charge is -2.26. The van der Waals surface area contributed by atoms with Gasteiger partial charge in [0, 0.05) is 16.2 Å². The van der Waals surface area contributed by atoms with Crippen LogP contribution in [-0.4, -0.2) is 29.2 Å². The average molecular weight is 392 g/mol. The Kier molecular flexibility index (Phi) is 6.37. The lowest BCUT2D eigenvalue weighted by Crippen LogP contribution is -2.32. The molecule has 0 saturated carbocycles. The molecule has 19 heavy (non-hydrogen) atoms. The number of hydrogen-bond acceptors (Lipinski definition) is 2. The smallest absolute Gasteiger partial charge is 0.0880 e. The summed E-state index contributed by atoms with van der Waals surface area (Å²) in [7, 11) is 0. The van der Waals surface area contributed by atoms with Crippen molar-refractivity contribution >= 4 is 31.9 Å². The highest BCUT2D eigenvalue weighted by Crippen LogP contribution is 2.31. The molecule has 0 radical (unpaired) electrons. The molecule has 1 saturated heterocycles. The van der Waals surface area contributed by atoms with E-state index in [1.54, 1.807) is 4.99 Å². The molecule has 5 atom stereocenters. The first-order chi connectivity index (χ1) is 9.24. The molecule has 0 aromatic heterocycles. The summed E-state index contributed by atoms with van der Waals surface area (Å²) >= 11 is 6.97. The Morgan fingerprint density at radius 2 is 2.05 bits per heavy atom. The van der Waals surface area contributed by atoms with Crippen molar-refractivity contribution in [3.8, 4) is 0 Å². The standard InChI is InChI=1S/C15H20Br2O2/c1-2-13-12(17)7-3-4-8-14-15(19-13)10-11(18-14)6-5-9-16/h3-4,6,9,11-15H,2,7-8,10H2,1H3/b4-3-/t5?,11-,12-,13+,14-,15-/m0/s1. The van der Waals surface area contributed by atoms with Gasteiger partial charge in [0.1, 0.15) is 0 Å². The van der Waals surface area contributed by atoms with Crippen molar-refractivity contribution in [2.24, 2.45) is 0 Å². The molecule has 0 amide bonds. The molecular formula is C15H20Br2O2. The van der Waals surface area contributed by atoms with Crippen LogP contribution in [0.25, 0.3) is 0 Å². The molecule has 2 nitrogen and oxygen atoms in total. The molecule has 0 aromatic rings. The van der Waals surface area contributed by atoms with Crippen molar-refractivity contribution in [1.82, 2.24) is 0 Å². The molecule has 4 heteroatoms. The third kappa shape index (κ3) is 4.30. The number of ether oxygens (including phenoxy) is 2. The summed E-state index contributed by atoms with van der Waals surface area (Å²) in [6, 6.07) is 0. The maximum Gasteiger partial charge on any atom is 0.0880 e. The molecule has 2 aliphatic rings. The number of hydrogen-bond donors (Lipinski definition) is 0. The Hall–Kier alpha value is 0.140. The number of allylic oxidation sites excluding steroid dienone is 1. The fourth-order valence-corrected chi connectivity index (χ4v) is 3.49. The largest absolute Gasteiger partial charge is 0.371 e. The third-order valence-corrected chi connectivity index (χ3v) is 4.85. The van der Waals surface area contributed by atoms with E-state index in [2.05, 4.69) is 56.7 Å². The summed E-state index contributed by atoms with van der Waals surface area (Å²) in [5, 5.41) is 0. The van der Waals surface area contributed by atoms with Crippen molar-refractivity contribution in [2.45, 2.75) is 61.9 Å². The first-order valence-electron chi connectivity index (χ1n) is 6.85. The van der Waals surface area contributed by atoms with Crippen LogP contribution < -0.4 is 0 Å². The van der Waals surface area contributed by atoms with Gasteiger partial charge in [-0.25, -0.2) is 0 Å². The molecule has 106 valence electrons. The Morgan fingerprint density at radius 1 is 1.26 bits per heavy atom. The highest BCUT2D eigenvalue weighted by atomic mass is 79.9. The first-order valence-corrected chi connectivity index (χ1v) is 8.69. The maximum atomic E-state index is 6.29. The second kappa shape index (κ2) is 7.80. The predicted molar refractivity (Wildman–Crippen MR) is 84.9 cm³/mol. The highest BCUT2D eigenvalue weighted by molar-refractivity contribution is 9.11. The molecule has 1 fully saturated rings. The van der Waals surface area contributed by atoms with Crippen LogP contribution in [-0.2, 0) is 9.47 Å². The quantitative estimate of drug-likeness (QED) is 0.392. The minimum absolute atomic E-state index is 0.114. The molecule has 0 aromatic carbocycles. The molecule has 0 spiro atoms. The van der Waals surface area contributed by atoms with Gasteiger partial charge in [0.15, 0.2) is 0 Å². The van der Waals surface area contributed by atoms with Gasteiger partial charge in [-0.05, 0) is 25.3 Å². The number of rotatable bonds is 2. The van der Waals surface area contributed by atoms with E-state index in [1.165, 1.54) is 0 Å². The molecule has 2 rings (SSSR count). The van der Waals surface area contributed by atoms with Gasteiger partial charge in [0.2, 0.25) is 0 Å². The zero-order valence-electron chi connectivity index (χ0n) is 11.1. The van der Waals surface area contributed by atoms with Gasteiger partial charge in [0.05, 0.1) is 24.4 Å². The van der Waals surface area contributed by atoms with E-state index < -0.39 is 0 Å². The molecule has 0 aliphatic carbocycles. The summed E-state index contributed by atoms with van der Waals surface area (Å²) in [5.41, 5.74) is 3.04. The van der Waals surface area contributed by atoms with Crippen LogP contribution in [0.4, 0.5) is 0 Å². The van der Waals surface area contributed by atoms with Crippen LogP contribution in [0.3, 0.4) is 0 Å². The van der Waals surface area contributed by atoms with Crippen molar-refractivity contribution in [1.29, 1.82) is 0 Å². The van der Waals surface area contributed by atoms with Gasteiger partial charge >= 0.3 is 0 Å². The monoisotopic (exact) mass is 390 g/mol.